The SMILES string of the molecule is C[C@@H]1CC[C@](NC(=O)C2(NC(=O)CCC3CCCCC3)CCCCC2)(S(=O)(=O)c2ccccn2)C(=O)CN1. The van der Waals surface area contributed by atoms with Crippen molar-refractivity contribution in [3.63, 3.8) is 0 Å². The van der Waals surface area contributed by atoms with Crippen molar-refractivity contribution in [2.75, 3.05) is 6.54 Å². The minimum Gasteiger partial charge on any atom is -0.342 e. The fourth-order valence-electron chi connectivity index (χ4n) is 6.25. The Morgan fingerprint density at radius 2 is 1.71 bits per heavy atom. The number of nitrogens with one attached hydrogen (secondary N) is 3. The Balaban J connectivity index is 1.61. The van der Waals surface area contributed by atoms with Gasteiger partial charge >= 0.3 is 0 Å². The summed E-state index contributed by atoms with van der Waals surface area (Å²) >= 11 is 0. The van der Waals surface area contributed by atoms with Gasteiger partial charge < -0.3 is 16.0 Å². The molecule has 38 heavy (non-hydrogen) atoms. The normalized spacial score (nSPS) is 26.8. The van der Waals surface area contributed by atoms with Crippen molar-refractivity contribution in [2.45, 2.75) is 118 Å². The Labute approximate surface area is 226 Å². The molecule has 1 aromatic heterocycles. The smallest absolute Gasteiger partial charge is 0.247 e. The summed E-state index contributed by atoms with van der Waals surface area (Å²) in [6.45, 7) is 1.70. The Morgan fingerprint density at radius 3 is 2.39 bits per heavy atom. The maximum atomic E-state index is 14.1. The zero-order valence-electron chi connectivity index (χ0n) is 22.5. The molecule has 210 valence electrons. The average Bonchev–Trinajstić information content (AvgIpc) is 3.08. The fraction of sp³-hybridized carbons (Fsp3) is 0.714. The van der Waals surface area contributed by atoms with Crippen LogP contribution in [0.3, 0.4) is 0 Å². The molecule has 2 aliphatic carbocycles. The predicted molar refractivity (Wildman–Crippen MR) is 144 cm³/mol. The summed E-state index contributed by atoms with van der Waals surface area (Å²) < 4.78 is 28.0. The van der Waals surface area contributed by atoms with Crippen molar-refractivity contribution >= 4 is 27.4 Å². The zero-order valence-corrected chi connectivity index (χ0v) is 23.3. The molecule has 4 rings (SSSR count). The van der Waals surface area contributed by atoms with Gasteiger partial charge in [-0.2, -0.15) is 0 Å². The second kappa shape index (κ2) is 12.2. The van der Waals surface area contributed by atoms with E-state index in [0.717, 1.165) is 38.5 Å². The number of aromatic nitrogens is 1. The van der Waals surface area contributed by atoms with Crippen LogP contribution in [0.4, 0.5) is 0 Å². The molecule has 2 saturated carbocycles. The fourth-order valence-corrected chi connectivity index (χ4v) is 8.05. The number of hydrogen-bond acceptors (Lipinski definition) is 7. The lowest BCUT2D eigenvalue weighted by molar-refractivity contribution is -0.137. The van der Waals surface area contributed by atoms with Gasteiger partial charge in [0.05, 0.1) is 6.54 Å². The molecule has 0 aromatic carbocycles. The van der Waals surface area contributed by atoms with E-state index in [-0.39, 0.29) is 29.9 Å². The lowest BCUT2D eigenvalue weighted by Gasteiger charge is -2.40. The molecular formula is C28H42N4O5S. The van der Waals surface area contributed by atoms with Gasteiger partial charge in [0.1, 0.15) is 5.54 Å². The van der Waals surface area contributed by atoms with Gasteiger partial charge in [0.15, 0.2) is 10.8 Å². The number of rotatable bonds is 8. The van der Waals surface area contributed by atoms with Crippen LogP contribution in [-0.4, -0.2) is 54.0 Å². The summed E-state index contributed by atoms with van der Waals surface area (Å²) in [5.41, 5.74) is -1.24. The third-order valence-electron chi connectivity index (χ3n) is 8.70. The Morgan fingerprint density at radius 1 is 1.00 bits per heavy atom. The monoisotopic (exact) mass is 546 g/mol. The minimum atomic E-state index is -4.38. The molecule has 0 radical (unpaired) electrons. The Bertz CT molecular complexity index is 1100. The van der Waals surface area contributed by atoms with Crippen LogP contribution in [0.25, 0.3) is 0 Å². The number of amides is 2. The van der Waals surface area contributed by atoms with Gasteiger partial charge in [-0.1, -0.05) is 57.4 Å². The molecule has 1 aliphatic heterocycles. The first-order valence-electron chi connectivity index (χ1n) is 14.2. The number of carbonyl (C=O) groups excluding carboxylic acids is 3. The summed E-state index contributed by atoms with van der Waals surface area (Å²) in [5, 5.41) is 8.56. The van der Waals surface area contributed by atoms with Crippen LogP contribution >= 0.6 is 0 Å². The van der Waals surface area contributed by atoms with Gasteiger partial charge in [0.2, 0.25) is 26.5 Å². The Kier molecular flexibility index (Phi) is 9.23. The van der Waals surface area contributed by atoms with Crippen LogP contribution < -0.4 is 16.0 Å². The van der Waals surface area contributed by atoms with E-state index in [4.69, 9.17) is 0 Å². The Hall–Kier alpha value is -2.33. The van der Waals surface area contributed by atoms with E-state index in [0.29, 0.717) is 31.6 Å². The molecule has 0 bridgehead atoms. The molecule has 0 unspecified atom stereocenters. The molecule has 10 heteroatoms. The lowest BCUT2D eigenvalue weighted by Crippen LogP contribution is -2.68. The highest BCUT2D eigenvalue weighted by Gasteiger charge is 2.56. The van der Waals surface area contributed by atoms with E-state index >= 15 is 0 Å². The van der Waals surface area contributed by atoms with E-state index in [1.165, 1.54) is 31.5 Å². The highest BCUT2D eigenvalue weighted by molar-refractivity contribution is 7.93. The van der Waals surface area contributed by atoms with E-state index < -0.39 is 31.9 Å². The van der Waals surface area contributed by atoms with Crippen LogP contribution in [0.1, 0.15) is 96.8 Å². The molecule has 0 spiro atoms. The maximum absolute atomic E-state index is 14.1. The molecule has 3 N–H and O–H groups in total. The average molecular weight is 547 g/mol. The quantitative estimate of drug-likeness (QED) is 0.456. The number of Topliss-reactive ketones (excluding diaryl/α,β-unsaturated/α-hetero) is 1. The van der Waals surface area contributed by atoms with E-state index in [1.807, 2.05) is 6.92 Å². The highest BCUT2D eigenvalue weighted by Crippen LogP contribution is 2.35. The van der Waals surface area contributed by atoms with Gasteiger partial charge in [-0.05, 0) is 57.1 Å². The van der Waals surface area contributed by atoms with Crippen molar-refractivity contribution in [2.24, 2.45) is 5.92 Å². The first-order chi connectivity index (χ1) is 18.2. The molecule has 2 atom stereocenters. The zero-order chi connectivity index (χ0) is 27.2. The van der Waals surface area contributed by atoms with Gasteiger partial charge in [-0.25, -0.2) is 13.4 Å². The van der Waals surface area contributed by atoms with Gasteiger partial charge in [0, 0.05) is 18.7 Å². The molecule has 1 aromatic rings. The van der Waals surface area contributed by atoms with Crippen molar-refractivity contribution in [1.29, 1.82) is 0 Å². The third kappa shape index (κ3) is 6.11. The maximum Gasteiger partial charge on any atom is 0.247 e. The molecule has 3 aliphatic rings. The second-order valence-corrected chi connectivity index (χ2v) is 13.6. The van der Waals surface area contributed by atoms with E-state index in [2.05, 4.69) is 20.9 Å². The van der Waals surface area contributed by atoms with Crippen molar-refractivity contribution < 1.29 is 22.8 Å². The van der Waals surface area contributed by atoms with Gasteiger partial charge in [0.25, 0.3) is 0 Å². The molecular weight excluding hydrogens is 504 g/mol. The standard InChI is InChI=1S/C28H42N4O5S/c1-21-15-18-28(23(33)20-30-21,38(36,37)25-12-6-9-19-29-25)32-26(35)27(16-7-3-8-17-27)31-24(34)14-13-22-10-4-2-5-11-22/h6,9,12,19,21-22,30H,2-5,7-8,10-11,13-18,20H2,1H3,(H,31,34)(H,32,35)/t21-,28+/m1/s1. The summed E-state index contributed by atoms with van der Waals surface area (Å²) in [4.78, 5) is 42.6. The topological polar surface area (TPSA) is 134 Å². The van der Waals surface area contributed by atoms with Gasteiger partial charge in [-0.3, -0.25) is 14.4 Å². The molecule has 3 fully saturated rings. The lowest BCUT2D eigenvalue weighted by atomic mass is 9.80. The van der Waals surface area contributed by atoms with Crippen molar-refractivity contribution in [3.05, 3.63) is 24.4 Å². The molecule has 1 saturated heterocycles. The molecule has 9 nitrogen and oxygen atoms in total. The number of nitrogens with zero attached hydrogens (tertiary/aromatic N) is 1. The van der Waals surface area contributed by atoms with Crippen LogP contribution in [0.2, 0.25) is 0 Å². The molecule has 2 heterocycles. The first kappa shape index (κ1) is 28.7. The van der Waals surface area contributed by atoms with Gasteiger partial charge in [-0.15, -0.1) is 0 Å². The second-order valence-electron chi connectivity index (χ2n) is 11.4. The van der Waals surface area contributed by atoms with Crippen molar-refractivity contribution in [1.82, 2.24) is 20.9 Å². The van der Waals surface area contributed by atoms with Crippen LogP contribution in [-0.2, 0) is 24.2 Å². The third-order valence-corrected chi connectivity index (χ3v) is 10.9. The number of pyridine rings is 1. The summed E-state index contributed by atoms with van der Waals surface area (Å²) in [5.74, 6) is -0.853. The minimum absolute atomic E-state index is 0.0731. The van der Waals surface area contributed by atoms with Crippen LogP contribution in [0, 0.1) is 5.92 Å². The highest BCUT2D eigenvalue weighted by atomic mass is 32.2. The largest absolute Gasteiger partial charge is 0.342 e. The molecule has 2 amide bonds. The number of sulfone groups is 1. The van der Waals surface area contributed by atoms with Crippen LogP contribution in [0.5, 0.6) is 0 Å². The van der Waals surface area contributed by atoms with E-state index in [9.17, 15) is 22.8 Å². The van der Waals surface area contributed by atoms with Crippen LogP contribution in [0.15, 0.2) is 29.4 Å². The number of ketones is 1. The predicted octanol–water partition coefficient (Wildman–Crippen LogP) is 3.19. The van der Waals surface area contributed by atoms with Crippen molar-refractivity contribution in [3.8, 4) is 0 Å². The summed E-state index contributed by atoms with van der Waals surface area (Å²) in [6, 6.07) is 4.40. The number of carbonyl (C=O) groups is 3. The summed E-state index contributed by atoms with van der Waals surface area (Å²) in [6.07, 6.45) is 12.0. The summed E-state index contributed by atoms with van der Waals surface area (Å²) in [7, 11) is -4.38. The van der Waals surface area contributed by atoms with E-state index in [1.54, 1.807) is 12.1 Å². The first-order valence-corrected chi connectivity index (χ1v) is 15.7. The number of hydrogen-bond donors (Lipinski definition) is 3.